The van der Waals surface area contributed by atoms with E-state index in [0.717, 1.165) is 42.7 Å². The van der Waals surface area contributed by atoms with Crippen molar-refractivity contribution in [3.05, 3.63) is 211 Å². The van der Waals surface area contributed by atoms with Crippen LogP contribution in [0, 0.1) is 0 Å². The Morgan fingerprint density at radius 1 is 0.404 bits per heavy atom. The number of allylic oxidation sites excluding steroid dienone is 5. The van der Waals surface area contributed by atoms with Gasteiger partial charge in [0.05, 0.1) is 0 Å². The van der Waals surface area contributed by atoms with Gasteiger partial charge in [0.1, 0.15) is 0 Å². The SMILES string of the molecule is C1=CCCC(c2c(-c3cc4c(c5ccccc35)CCC=C4)cc(-c3ccccc3)c3c4ccccc4c4cc(N(c5ccccc5)c5ccccc5)ccc4c23)=C1. The summed E-state index contributed by atoms with van der Waals surface area (Å²) in [6.45, 7) is 0. The van der Waals surface area contributed by atoms with Gasteiger partial charge in [-0.3, -0.25) is 0 Å². The van der Waals surface area contributed by atoms with Crippen LogP contribution in [0.25, 0.3) is 77.0 Å². The van der Waals surface area contributed by atoms with E-state index in [4.69, 9.17) is 0 Å². The fourth-order valence-corrected chi connectivity index (χ4v) is 9.63. The van der Waals surface area contributed by atoms with Gasteiger partial charge < -0.3 is 4.90 Å². The molecule has 57 heavy (non-hydrogen) atoms. The van der Waals surface area contributed by atoms with Crippen LogP contribution in [0.2, 0.25) is 0 Å². The summed E-state index contributed by atoms with van der Waals surface area (Å²) in [6, 6.07) is 63.0. The van der Waals surface area contributed by atoms with Crippen LogP contribution < -0.4 is 4.90 Å². The van der Waals surface area contributed by atoms with Gasteiger partial charge in [-0.05, 0) is 162 Å². The highest BCUT2D eigenvalue weighted by atomic mass is 15.1. The van der Waals surface area contributed by atoms with Crippen molar-refractivity contribution in [1.82, 2.24) is 0 Å². The van der Waals surface area contributed by atoms with E-state index in [9.17, 15) is 0 Å². The molecule has 270 valence electrons. The molecule has 0 bridgehead atoms. The van der Waals surface area contributed by atoms with Crippen LogP contribution in [0.3, 0.4) is 0 Å². The molecular weight excluding hydrogens is 687 g/mol. The molecule has 0 N–H and O–H groups in total. The average molecular weight is 728 g/mol. The average Bonchev–Trinajstić information content (AvgIpc) is 3.29. The summed E-state index contributed by atoms with van der Waals surface area (Å²) in [4.78, 5) is 2.38. The molecule has 2 aliphatic rings. The maximum atomic E-state index is 2.53. The number of nitrogens with zero attached hydrogens (tertiary/aromatic N) is 1. The van der Waals surface area contributed by atoms with E-state index in [0.29, 0.717) is 0 Å². The predicted molar refractivity (Wildman–Crippen MR) is 246 cm³/mol. The predicted octanol–water partition coefficient (Wildman–Crippen LogP) is 15.8. The van der Waals surface area contributed by atoms with Gasteiger partial charge in [-0.15, -0.1) is 0 Å². The molecule has 0 amide bonds. The minimum atomic E-state index is 0.994. The largest absolute Gasteiger partial charge is 0.310 e. The molecule has 0 atom stereocenters. The minimum Gasteiger partial charge on any atom is -0.310 e. The van der Waals surface area contributed by atoms with Crippen LogP contribution in [0.5, 0.6) is 0 Å². The number of para-hydroxylation sites is 2. The van der Waals surface area contributed by atoms with E-state index >= 15 is 0 Å². The zero-order valence-electron chi connectivity index (χ0n) is 31.8. The molecule has 0 radical (unpaired) electrons. The number of anilines is 3. The van der Waals surface area contributed by atoms with Gasteiger partial charge in [0.2, 0.25) is 0 Å². The summed E-state index contributed by atoms with van der Waals surface area (Å²) < 4.78 is 0. The number of fused-ring (bicyclic) bond motifs is 9. The lowest BCUT2D eigenvalue weighted by molar-refractivity contribution is 0.997. The molecule has 9 aromatic carbocycles. The van der Waals surface area contributed by atoms with Gasteiger partial charge in [-0.2, -0.15) is 0 Å². The molecule has 11 rings (SSSR count). The lowest BCUT2D eigenvalue weighted by Gasteiger charge is -2.27. The molecule has 0 aromatic heterocycles. The van der Waals surface area contributed by atoms with Gasteiger partial charge in [0, 0.05) is 17.1 Å². The van der Waals surface area contributed by atoms with Gasteiger partial charge >= 0.3 is 0 Å². The molecule has 0 spiro atoms. The first-order valence-corrected chi connectivity index (χ1v) is 20.3. The van der Waals surface area contributed by atoms with Crippen molar-refractivity contribution < 1.29 is 0 Å². The van der Waals surface area contributed by atoms with Crippen LogP contribution in [0.1, 0.15) is 36.0 Å². The molecule has 0 unspecified atom stereocenters. The highest BCUT2D eigenvalue weighted by Gasteiger charge is 2.25. The maximum Gasteiger partial charge on any atom is 0.0468 e. The van der Waals surface area contributed by atoms with Crippen LogP contribution in [0.4, 0.5) is 17.1 Å². The summed E-state index contributed by atoms with van der Waals surface area (Å²) in [5, 5.41) is 10.4. The van der Waals surface area contributed by atoms with E-state index < -0.39 is 0 Å². The summed E-state index contributed by atoms with van der Waals surface area (Å²) in [7, 11) is 0. The Morgan fingerprint density at radius 3 is 1.75 bits per heavy atom. The Labute approximate surface area is 334 Å². The Morgan fingerprint density at radius 2 is 1.04 bits per heavy atom. The van der Waals surface area contributed by atoms with Crippen molar-refractivity contribution in [3.63, 3.8) is 0 Å². The van der Waals surface area contributed by atoms with Crippen molar-refractivity contribution in [2.45, 2.75) is 25.7 Å². The zero-order chi connectivity index (χ0) is 37.7. The number of hydrogen-bond acceptors (Lipinski definition) is 1. The first-order chi connectivity index (χ1) is 28.3. The number of rotatable bonds is 6. The van der Waals surface area contributed by atoms with Crippen LogP contribution in [-0.4, -0.2) is 0 Å². The van der Waals surface area contributed by atoms with Gasteiger partial charge in [0.25, 0.3) is 0 Å². The molecule has 1 nitrogen and oxygen atoms in total. The minimum absolute atomic E-state index is 0.994. The van der Waals surface area contributed by atoms with Crippen molar-refractivity contribution in [3.8, 4) is 22.3 Å². The fourth-order valence-electron chi connectivity index (χ4n) is 9.63. The van der Waals surface area contributed by atoms with E-state index in [2.05, 4.69) is 205 Å². The highest BCUT2D eigenvalue weighted by molar-refractivity contribution is 6.32. The van der Waals surface area contributed by atoms with Crippen molar-refractivity contribution >= 4 is 71.8 Å². The van der Waals surface area contributed by atoms with Gasteiger partial charge in [0.15, 0.2) is 0 Å². The topological polar surface area (TPSA) is 3.24 Å². The molecule has 2 aliphatic carbocycles. The molecule has 0 aliphatic heterocycles. The summed E-state index contributed by atoms with van der Waals surface area (Å²) >= 11 is 0. The lowest BCUT2D eigenvalue weighted by atomic mass is 9.78. The molecule has 0 fully saturated rings. The maximum absolute atomic E-state index is 2.53. The van der Waals surface area contributed by atoms with E-state index in [-0.39, 0.29) is 0 Å². The summed E-state index contributed by atoms with van der Waals surface area (Å²) in [5.74, 6) is 0. The first kappa shape index (κ1) is 33.4. The summed E-state index contributed by atoms with van der Waals surface area (Å²) in [6.07, 6.45) is 15.8. The fraction of sp³-hybridized carbons (Fsp3) is 0.0714. The number of benzene rings is 9. The second kappa shape index (κ2) is 14.0. The Balaban J connectivity index is 1.32. The van der Waals surface area contributed by atoms with E-state index in [1.165, 1.54) is 87.6 Å². The number of aryl methyl sites for hydroxylation is 1. The van der Waals surface area contributed by atoms with Crippen molar-refractivity contribution in [2.24, 2.45) is 0 Å². The molecule has 0 heterocycles. The molecule has 1 heteroatoms. The third-order valence-corrected chi connectivity index (χ3v) is 12.1. The van der Waals surface area contributed by atoms with Gasteiger partial charge in [-0.1, -0.05) is 152 Å². The molecular formula is C56H41N. The number of hydrogen-bond donors (Lipinski definition) is 0. The second-order valence-electron chi connectivity index (χ2n) is 15.4. The first-order valence-electron chi connectivity index (χ1n) is 20.3. The third-order valence-electron chi connectivity index (χ3n) is 12.1. The smallest absolute Gasteiger partial charge is 0.0468 e. The zero-order valence-corrected chi connectivity index (χ0v) is 31.8. The van der Waals surface area contributed by atoms with Gasteiger partial charge in [-0.25, -0.2) is 0 Å². The Bertz CT molecular complexity index is 3060. The van der Waals surface area contributed by atoms with E-state index in [1.54, 1.807) is 0 Å². The quantitative estimate of drug-likeness (QED) is 0.154. The van der Waals surface area contributed by atoms with Crippen LogP contribution in [0.15, 0.2) is 194 Å². The third kappa shape index (κ3) is 5.61. The van der Waals surface area contributed by atoms with E-state index in [1.807, 2.05) is 0 Å². The molecule has 0 saturated heterocycles. The molecule has 9 aromatic rings. The normalized spacial score (nSPS) is 13.6. The highest BCUT2D eigenvalue weighted by Crippen LogP contribution is 2.51. The van der Waals surface area contributed by atoms with Crippen molar-refractivity contribution in [2.75, 3.05) is 4.90 Å². The monoisotopic (exact) mass is 727 g/mol. The Hall–Kier alpha value is -6.96. The van der Waals surface area contributed by atoms with Crippen molar-refractivity contribution in [1.29, 1.82) is 0 Å². The second-order valence-corrected chi connectivity index (χ2v) is 15.4. The summed E-state index contributed by atoms with van der Waals surface area (Å²) in [5.41, 5.74) is 14.1. The lowest BCUT2D eigenvalue weighted by Crippen LogP contribution is -2.09. The molecule has 0 saturated carbocycles. The Kier molecular flexibility index (Phi) is 8.18. The van der Waals surface area contributed by atoms with Crippen LogP contribution >= 0.6 is 0 Å². The standard InChI is InChI=1S/C56H41N/c1-5-19-38(20-6-1)50-37-53(51-35-40-23-13-14-28-44(40)45-29-15-16-30-46(45)51)54(39-21-7-2-8-22-39)56-49-34-33-43(36-52(49)47-31-17-18-32-48(47)55(50)56)57(41-24-9-3-10-25-41)42-26-11-4-12-27-42/h1-7,9-13,15-21,23-27,29-37H,8,14,22,28H2. The van der Waals surface area contributed by atoms with Crippen LogP contribution in [-0.2, 0) is 6.42 Å².